The number of piperidine rings is 1. The first-order chi connectivity index (χ1) is 7.20. The number of alkyl halides is 1. The zero-order valence-electron chi connectivity index (χ0n) is 8.61. The minimum Gasteiger partial charge on any atom is -0.310 e. The van der Waals surface area contributed by atoms with Gasteiger partial charge in [-0.15, -0.1) is 0 Å². The van der Waals surface area contributed by atoms with E-state index in [1.807, 2.05) is 24.0 Å². The molecule has 0 bridgehead atoms. The van der Waals surface area contributed by atoms with Gasteiger partial charge in [0.05, 0.1) is 16.2 Å². The summed E-state index contributed by atoms with van der Waals surface area (Å²) < 4.78 is 0. The van der Waals surface area contributed by atoms with Crippen LogP contribution in [0, 0.1) is 6.92 Å². The topological polar surface area (TPSA) is 33.2 Å². The van der Waals surface area contributed by atoms with E-state index in [0.29, 0.717) is 0 Å². The predicted molar refractivity (Wildman–Crippen MR) is 63.3 cm³/mol. The van der Waals surface area contributed by atoms with Gasteiger partial charge in [-0.05, 0) is 31.9 Å². The first-order valence-electron chi connectivity index (χ1n) is 5.07. The van der Waals surface area contributed by atoms with Crippen LogP contribution in [0.1, 0.15) is 18.5 Å². The highest BCUT2D eigenvalue weighted by Gasteiger charge is 2.28. The summed E-state index contributed by atoms with van der Waals surface area (Å²) in [6.45, 7) is 2.73. The Morgan fingerprint density at radius 2 is 2.40 bits per heavy atom. The first kappa shape index (κ1) is 10.6. The lowest BCUT2D eigenvalue weighted by molar-refractivity contribution is -0.118. The fourth-order valence-corrected chi connectivity index (χ4v) is 2.40. The van der Waals surface area contributed by atoms with E-state index in [9.17, 15) is 4.79 Å². The number of amides is 1. The molecule has 2 heterocycles. The molecule has 3 nitrogen and oxygen atoms in total. The second-order valence-electron chi connectivity index (χ2n) is 3.71. The number of carbonyl (C=O) groups is 1. The van der Waals surface area contributed by atoms with E-state index < -0.39 is 0 Å². The van der Waals surface area contributed by atoms with Crippen molar-refractivity contribution in [3.05, 3.63) is 24.0 Å². The van der Waals surface area contributed by atoms with E-state index >= 15 is 0 Å². The molecule has 1 aliphatic rings. The molecule has 0 N–H and O–H groups in total. The Kier molecular flexibility index (Phi) is 3.05. The molecule has 1 aliphatic heterocycles. The average molecular weight is 269 g/mol. The number of rotatable bonds is 1. The van der Waals surface area contributed by atoms with Gasteiger partial charge in [0, 0.05) is 12.7 Å². The summed E-state index contributed by atoms with van der Waals surface area (Å²) in [6, 6.07) is 3.82. The molecule has 1 aromatic rings. The summed E-state index contributed by atoms with van der Waals surface area (Å²) in [7, 11) is 0. The Labute approximate surface area is 97.6 Å². The SMILES string of the molecule is Cc1ncccc1N1CCCC(Br)C1=O. The lowest BCUT2D eigenvalue weighted by Crippen LogP contribution is -2.42. The maximum Gasteiger partial charge on any atom is 0.240 e. The van der Waals surface area contributed by atoms with Crippen molar-refractivity contribution in [2.24, 2.45) is 0 Å². The maximum atomic E-state index is 11.9. The van der Waals surface area contributed by atoms with Crippen molar-refractivity contribution in [2.75, 3.05) is 11.4 Å². The number of aryl methyl sites for hydroxylation is 1. The minimum absolute atomic E-state index is 0.0362. The third-order valence-electron chi connectivity index (χ3n) is 2.64. The van der Waals surface area contributed by atoms with Crippen molar-refractivity contribution in [1.82, 2.24) is 4.98 Å². The average Bonchev–Trinajstić information content (AvgIpc) is 2.23. The van der Waals surface area contributed by atoms with Gasteiger partial charge in [0.1, 0.15) is 0 Å². The molecule has 0 radical (unpaired) electrons. The van der Waals surface area contributed by atoms with Crippen LogP contribution in [0.15, 0.2) is 18.3 Å². The third kappa shape index (κ3) is 2.04. The molecule has 15 heavy (non-hydrogen) atoms. The second kappa shape index (κ2) is 4.31. The van der Waals surface area contributed by atoms with Crippen LogP contribution < -0.4 is 4.90 Å². The predicted octanol–water partition coefficient (Wildman–Crippen LogP) is 2.28. The van der Waals surface area contributed by atoms with Crippen LogP contribution in [-0.4, -0.2) is 22.3 Å². The van der Waals surface area contributed by atoms with E-state index in [1.165, 1.54) is 0 Å². The summed E-state index contributed by atoms with van der Waals surface area (Å²) in [5, 5.41) is 0. The molecule has 80 valence electrons. The summed E-state index contributed by atoms with van der Waals surface area (Å²) in [5.74, 6) is 0.150. The minimum atomic E-state index is -0.0362. The van der Waals surface area contributed by atoms with E-state index in [0.717, 1.165) is 30.8 Å². The van der Waals surface area contributed by atoms with E-state index in [-0.39, 0.29) is 10.7 Å². The van der Waals surface area contributed by atoms with Crippen molar-refractivity contribution in [3.63, 3.8) is 0 Å². The van der Waals surface area contributed by atoms with E-state index in [1.54, 1.807) is 6.20 Å². The summed E-state index contributed by atoms with van der Waals surface area (Å²) in [5.41, 5.74) is 1.85. The van der Waals surface area contributed by atoms with Crippen molar-refractivity contribution in [2.45, 2.75) is 24.6 Å². The largest absolute Gasteiger partial charge is 0.310 e. The summed E-state index contributed by atoms with van der Waals surface area (Å²) >= 11 is 3.40. The van der Waals surface area contributed by atoms with Crippen LogP contribution in [0.2, 0.25) is 0 Å². The second-order valence-corrected chi connectivity index (χ2v) is 4.81. The number of anilines is 1. The molecule has 0 saturated carbocycles. The van der Waals surface area contributed by atoms with Crippen molar-refractivity contribution in [1.29, 1.82) is 0 Å². The number of halogens is 1. The maximum absolute atomic E-state index is 11.9. The Balaban J connectivity index is 2.30. The molecule has 0 aliphatic carbocycles. The van der Waals surface area contributed by atoms with Crippen LogP contribution in [0.25, 0.3) is 0 Å². The molecule has 1 unspecified atom stereocenters. The molecule has 0 aromatic carbocycles. The molecule has 1 aromatic heterocycles. The van der Waals surface area contributed by atoms with E-state index in [4.69, 9.17) is 0 Å². The summed E-state index contributed by atoms with van der Waals surface area (Å²) in [6.07, 6.45) is 3.71. The monoisotopic (exact) mass is 268 g/mol. The van der Waals surface area contributed by atoms with Gasteiger partial charge in [-0.1, -0.05) is 15.9 Å². The normalized spacial score (nSPS) is 21.9. The number of pyridine rings is 1. The van der Waals surface area contributed by atoms with Crippen molar-refractivity contribution >= 4 is 27.5 Å². The van der Waals surface area contributed by atoms with Gasteiger partial charge in [0.2, 0.25) is 5.91 Å². The molecule has 4 heteroatoms. The number of carbonyl (C=O) groups excluding carboxylic acids is 1. The van der Waals surface area contributed by atoms with E-state index in [2.05, 4.69) is 20.9 Å². The molecule has 1 amide bonds. The highest BCUT2D eigenvalue weighted by molar-refractivity contribution is 9.10. The standard InChI is InChI=1S/C11H13BrN2O/c1-8-10(5-2-6-13-8)14-7-3-4-9(12)11(14)15/h2,5-6,9H,3-4,7H2,1H3. The number of aromatic nitrogens is 1. The van der Waals surface area contributed by atoms with Gasteiger partial charge < -0.3 is 4.90 Å². The number of hydrogen-bond donors (Lipinski definition) is 0. The summed E-state index contributed by atoms with van der Waals surface area (Å²) in [4.78, 5) is 17.9. The molecule has 1 atom stereocenters. The molecular formula is C11H13BrN2O. The molecule has 1 fully saturated rings. The highest BCUT2D eigenvalue weighted by Crippen LogP contribution is 2.25. The lowest BCUT2D eigenvalue weighted by atomic mass is 10.1. The Morgan fingerprint density at radius 1 is 1.60 bits per heavy atom. The Hall–Kier alpha value is -0.900. The van der Waals surface area contributed by atoms with Crippen LogP contribution in [0.3, 0.4) is 0 Å². The third-order valence-corrected chi connectivity index (χ3v) is 3.49. The Morgan fingerprint density at radius 3 is 3.13 bits per heavy atom. The van der Waals surface area contributed by atoms with Crippen LogP contribution in [-0.2, 0) is 4.79 Å². The van der Waals surface area contributed by atoms with Gasteiger partial charge in [-0.25, -0.2) is 0 Å². The molecule has 0 spiro atoms. The van der Waals surface area contributed by atoms with Crippen LogP contribution in [0.5, 0.6) is 0 Å². The smallest absolute Gasteiger partial charge is 0.240 e. The molecule has 2 rings (SSSR count). The van der Waals surface area contributed by atoms with Gasteiger partial charge in [0.25, 0.3) is 0 Å². The highest BCUT2D eigenvalue weighted by atomic mass is 79.9. The van der Waals surface area contributed by atoms with Gasteiger partial charge in [-0.2, -0.15) is 0 Å². The first-order valence-corrected chi connectivity index (χ1v) is 5.99. The van der Waals surface area contributed by atoms with Crippen LogP contribution >= 0.6 is 15.9 Å². The fraction of sp³-hybridized carbons (Fsp3) is 0.455. The zero-order chi connectivity index (χ0) is 10.8. The zero-order valence-corrected chi connectivity index (χ0v) is 10.2. The van der Waals surface area contributed by atoms with Gasteiger partial charge >= 0.3 is 0 Å². The Bertz CT molecular complexity index is 381. The van der Waals surface area contributed by atoms with Crippen molar-refractivity contribution in [3.8, 4) is 0 Å². The lowest BCUT2D eigenvalue weighted by Gasteiger charge is -2.30. The quantitative estimate of drug-likeness (QED) is 0.733. The molecular weight excluding hydrogens is 256 g/mol. The number of hydrogen-bond acceptors (Lipinski definition) is 2. The van der Waals surface area contributed by atoms with Crippen LogP contribution in [0.4, 0.5) is 5.69 Å². The van der Waals surface area contributed by atoms with Gasteiger partial charge in [0.15, 0.2) is 0 Å². The fourth-order valence-electron chi connectivity index (χ4n) is 1.83. The van der Waals surface area contributed by atoms with Crippen molar-refractivity contribution < 1.29 is 4.79 Å². The van der Waals surface area contributed by atoms with Gasteiger partial charge in [-0.3, -0.25) is 9.78 Å². The molecule has 1 saturated heterocycles. The number of nitrogens with zero attached hydrogens (tertiary/aromatic N) is 2.